The van der Waals surface area contributed by atoms with Gasteiger partial charge >= 0.3 is 0 Å². The molecule has 1 aliphatic rings. The fourth-order valence-corrected chi connectivity index (χ4v) is 2.52. The largest absolute Gasteiger partial charge is 0.388 e. The Labute approximate surface area is 99.5 Å². The average molecular weight is 244 g/mol. The molecule has 0 bridgehead atoms. The Morgan fingerprint density at radius 3 is 2.75 bits per heavy atom. The number of hydrogen-bond donors (Lipinski definition) is 1. The number of rotatable bonds is 2. The van der Waals surface area contributed by atoms with Gasteiger partial charge in [-0.05, 0) is 24.8 Å². The van der Waals surface area contributed by atoms with Gasteiger partial charge in [0.1, 0.15) is 11.0 Å². The van der Waals surface area contributed by atoms with Gasteiger partial charge in [0.2, 0.25) is 0 Å². The van der Waals surface area contributed by atoms with Gasteiger partial charge in [0, 0.05) is 5.56 Å². The van der Waals surface area contributed by atoms with Crippen LogP contribution in [0.15, 0.2) is 12.3 Å². The van der Waals surface area contributed by atoms with Crippen molar-refractivity contribution in [3.8, 4) is 0 Å². The third-order valence-corrected chi connectivity index (χ3v) is 3.47. The second-order valence-electron chi connectivity index (χ2n) is 4.37. The lowest BCUT2D eigenvalue weighted by Gasteiger charge is -2.26. The molecule has 0 amide bonds. The number of nitrogens with zero attached hydrogens (tertiary/aromatic N) is 1. The summed E-state index contributed by atoms with van der Waals surface area (Å²) in [4.78, 5) is 3.65. The van der Waals surface area contributed by atoms with E-state index in [1.54, 1.807) is 0 Å². The average Bonchev–Trinajstić information content (AvgIpc) is 2.32. The van der Waals surface area contributed by atoms with Crippen LogP contribution < -0.4 is 0 Å². The van der Waals surface area contributed by atoms with Crippen LogP contribution in [0, 0.1) is 11.7 Å². The normalized spacial score (nSPS) is 19.7. The van der Waals surface area contributed by atoms with Crippen molar-refractivity contribution < 1.29 is 9.50 Å². The topological polar surface area (TPSA) is 33.1 Å². The monoisotopic (exact) mass is 243 g/mol. The van der Waals surface area contributed by atoms with Crippen LogP contribution in [0.25, 0.3) is 0 Å². The highest BCUT2D eigenvalue weighted by Gasteiger charge is 2.25. The van der Waals surface area contributed by atoms with Gasteiger partial charge in [-0.1, -0.05) is 30.9 Å². The predicted molar refractivity (Wildman–Crippen MR) is 60.7 cm³/mol. The fraction of sp³-hybridized carbons (Fsp3) is 0.583. The summed E-state index contributed by atoms with van der Waals surface area (Å²) in [5, 5.41) is 10.4. The smallest absolute Gasteiger partial charge is 0.147 e. The lowest BCUT2D eigenvalue weighted by atomic mass is 9.83. The Morgan fingerprint density at radius 2 is 2.06 bits per heavy atom. The zero-order valence-electron chi connectivity index (χ0n) is 9.00. The van der Waals surface area contributed by atoms with Crippen molar-refractivity contribution in [2.75, 3.05) is 0 Å². The first-order chi connectivity index (χ1) is 7.68. The molecular formula is C12H15ClFNO. The molecule has 1 aromatic heterocycles. The minimum Gasteiger partial charge on any atom is -0.388 e. The molecule has 16 heavy (non-hydrogen) atoms. The van der Waals surface area contributed by atoms with E-state index in [-0.39, 0.29) is 16.6 Å². The first-order valence-electron chi connectivity index (χ1n) is 5.67. The van der Waals surface area contributed by atoms with Gasteiger partial charge in [-0.3, -0.25) is 0 Å². The third-order valence-electron chi connectivity index (χ3n) is 3.27. The summed E-state index contributed by atoms with van der Waals surface area (Å²) in [7, 11) is 0. The van der Waals surface area contributed by atoms with Gasteiger partial charge in [0.05, 0.1) is 12.3 Å². The highest BCUT2D eigenvalue weighted by molar-refractivity contribution is 6.29. The first-order valence-corrected chi connectivity index (χ1v) is 6.05. The summed E-state index contributed by atoms with van der Waals surface area (Å²) in [6, 6.07) is 1.43. The van der Waals surface area contributed by atoms with E-state index in [1.807, 2.05) is 0 Å². The zero-order chi connectivity index (χ0) is 11.5. The van der Waals surface area contributed by atoms with E-state index in [9.17, 15) is 9.50 Å². The molecule has 1 heterocycles. The summed E-state index contributed by atoms with van der Waals surface area (Å²) in [5.41, 5.74) is 0.284. The van der Waals surface area contributed by atoms with Crippen molar-refractivity contribution in [3.05, 3.63) is 28.8 Å². The maximum absolute atomic E-state index is 13.5. The van der Waals surface area contributed by atoms with E-state index in [1.165, 1.54) is 12.5 Å². The lowest BCUT2D eigenvalue weighted by Crippen LogP contribution is -2.17. The van der Waals surface area contributed by atoms with Crippen LogP contribution in [-0.4, -0.2) is 10.1 Å². The van der Waals surface area contributed by atoms with E-state index in [0.29, 0.717) is 0 Å². The molecule has 1 atom stereocenters. The number of hydrogen-bond acceptors (Lipinski definition) is 2. The number of aliphatic hydroxyl groups excluding tert-OH is 1. The predicted octanol–water partition coefficient (Wildman–Crippen LogP) is 3.49. The van der Waals surface area contributed by atoms with Crippen molar-refractivity contribution in [2.45, 2.75) is 38.2 Å². The van der Waals surface area contributed by atoms with Gasteiger partial charge in [0.15, 0.2) is 0 Å². The van der Waals surface area contributed by atoms with Crippen molar-refractivity contribution in [1.82, 2.24) is 4.98 Å². The van der Waals surface area contributed by atoms with Crippen LogP contribution >= 0.6 is 11.6 Å². The Hall–Kier alpha value is -0.670. The third kappa shape index (κ3) is 2.53. The maximum atomic E-state index is 13.5. The number of aromatic nitrogens is 1. The van der Waals surface area contributed by atoms with Crippen molar-refractivity contribution in [2.24, 2.45) is 5.92 Å². The van der Waals surface area contributed by atoms with E-state index < -0.39 is 11.9 Å². The molecule has 1 aliphatic carbocycles. The van der Waals surface area contributed by atoms with E-state index in [0.717, 1.165) is 31.9 Å². The lowest BCUT2D eigenvalue weighted by molar-refractivity contribution is 0.0815. The molecule has 0 saturated heterocycles. The SMILES string of the molecule is OC(c1cc(Cl)ncc1F)C1CCCCC1. The second-order valence-corrected chi connectivity index (χ2v) is 4.76. The van der Waals surface area contributed by atoms with Crippen LogP contribution in [-0.2, 0) is 0 Å². The van der Waals surface area contributed by atoms with Crippen LogP contribution in [0.4, 0.5) is 4.39 Å². The molecular weight excluding hydrogens is 229 g/mol. The van der Waals surface area contributed by atoms with Gasteiger partial charge < -0.3 is 5.11 Å². The van der Waals surface area contributed by atoms with Crippen molar-refractivity contribution in [1.29, 1.82) is 0 Å². The molecule has 0 aliphatic heterocycles. The van der Waals surface area contributed by atoms with Gasteiger partial charge in [0.25, 0.3) is 0 Å². The molecule has 4 heteroatoms. The second kappa shape index (κ2) is 5.11. The standard InChI is InChI=1S/C12H15ClFNO/c13-11-6-9(10(14)7-15-11)12(16)8-4-2-1-3-5-8/h6-8,12,16H,1-5H2. The van der Waals surface area contributed by atoms with E-state index >= 15 is 0 Å². The van der Waals surface area contributed by atoms with Crippen LogP contribution in [0.1, 0.15) is 43.8 Å². The molecule has 1 fully saturated rings. The molecule has 2 rings (SSSR count). The van der Waals surface area contributed by atoms with Crippen molar-refractivity contribution in [3.63, 3.8) is 0 Å². The molecule has 88 valence electrons. The highest BCUT2D eigenvalue weighted by atomic mass is 35.5. The fourth-order valence-electron chi connectivity index (χ4n) is 2.36. The van der Waals surface area contributed by atoms with Crippen molar-refractivity contribution >= 4 is 11.6 Å². The van der Waals surface area contributed by atoms with Crippen LogP contribution in [0.3, 0.4) is 0 Å². The van der Waals surface area contributed by atoms with E-state index in [2.05, 4.69) is 4.98 Å². The molecule has 1 aromatic rings. The Kier molecular flexibility index (Phi) is 3.77. The maximum Gasteiger partial charge on any atom is 0.147 e. The summed E-state index contributed by atoms with van der Waals surface area (Å²) in [5.74, 6) is -0.316. The number of aliphatic hydroxyl groups is 1. The van der Waals surface area contributed by atoms with Crippen LogP contribution in [0.5, 0.6) is 0 Å². The van der Waals surface area contributed by atoms with Gasteiger partial charge in [-0.2, -0.15) is 0 Å². The Balaban J connectivity index is 2.18. The number of pyridine rings is 1. The molecule has 0 radical (unpaired) electrons. The summed E-state index contributed by atoms with van der Waals surface area (Å²) >= 11 is 5.71. The Bertz CT molecular complexity index is 366. The van der Waals surface area contributed by atoms with E-state index in [4.69, 9.17) is 11.6 Å². The Morgan fingerprint density at radius 1 is 1.38 bits per heavy atom. The number of halogens is 2. The highest BCUT2D eigenvalue weighted by Crippen LogP contribution is 2.35. The summed E-state index contributed by atoms with van der Waals surface area (Å²) in [6.45, 7) is 0. The molecule has 0 spiro atoms. The molecule has 1 unspecified atom stereocenters. The molecule has 2 nitrogen and oxygen atoms in total. The summed E-state index contributed by atoms with van der Waals surface area (Å²) < 4.78 is 13.5. The summed E-state index contributed by atoms with van der Waals surface area (Å²) in [6.07, 6.45) is 5.68. The van der Waals surface area contributed by atoms with Crippen LogP contribution in [0.2, 0.25) is 5.15 Å². The van der Waals surface area contributed by atoms with Gasteiger partial charge in [-0.15, -0.1) is 0 Å². The quantitative estimate of drug-likeness (QED) is 0.807. The van der Waals surface area contributed by atoms with Gasteiger partial charge in [-0.25, -0.2) is 9.37 Å². The molecule has 1 N–H and O–H groups in total. The minimum absolute atomic E-state index is 0.154. The minimum atomic E-state index is -0.749. The first kappa shape index (κ1) is 11.8. The molecule has 0 aromatic carbocycles. The molecule has 1 saturated carbocycles. The zero-order valence-corrected chi connectivity index (χ0v) is 9.75.